The lowest BCUT2D eigenvalue weighted by Gasteiger charge is -2.08. The number of aromatic amines is 1. The molecule has 2 aromatic rings. The maximum Gasteiger partial charge on any atom is 0.411 e. The van der Waals surface area contributed by atoms with Gasteiger partial charge in [0.1, 0.15) is 19.0 Å². The third kappa shape index (κ3) is 6.14. The Hall–Kier alpha value is -2.17. The summed E-state index contributed by atoms with van der Waals surface area (Å²) in [6.45, 7) is -1.91. The summed E-state index contributed by atoms with van der Waals surface area (Å²) < 4.78 is 39.9. The molecular formula is C13H15ClF3N5O2. The quantitative estimate of drug-likeness (QED) is 0.724. The van der Waals surface area contributed by atoms with E-state index in [0.29, 0.717) is 22.9 Å². The van der Waals surface area contributed by atoms with Crippen LogP contribution in [0.25, 0.3) is 11.4 Å². The van der Waals surface area contributed by atoms with Crippen molar-refractivity contribution in [1.29, 1.82) is 0 Å². The van der Waals surface area contributed by atoms with E-state index in [1.54, 1.807) is 24.3 Å². The van der Waals surface area contributed by atoms with Gasteiger partial charge in [-0.25, -0.2) is 4.98 Å². The Morgan fingerprint density at radius 2 is 1.96 bits per heavy atom. The van der Waals surface area contributed by atoms with E-state index in [4.69, 9.17) is 5.73 Å². The number of carbonyl (C=O) groups is 1. The molecule has 0 spiro atoms. The average molecular weight is 366 g/mol. The van der Waals surface area contributed by atoms with Gasteiger partial charge in [0.05, 0.1) is 6.54 Å². The van der Waals surface area contributed by atoms with Crippen LogP contribution in [-0.4, -0.2) is 40.5 Å². The van der Waals surface area contributed by atoms with Crippen LogP contribution in [0.4, 0.5) is 18.9 Å². The fourth-order valence-corrected chi connectivity index (χ4v) is 1.67. The summed E-state index contributed by atoms with van der Waals surface area (Å²) in [5, 5.41) is 9.08. The predicted octanol–water partition coefficient (Wildman–Crippen LogP) is 1.87. The number of nitrogens with zero attached hydrogens (tertiary/aromatic N) is 2. The summed E-state index contributed by atoms with van der Waals surface area (Å²) in [7, 11) is 0. The fourth-order valence-electron chi connectivity index (χ4n) is 1.67. The maximum atomic E-state index is 11.9. The zero-order chi connectivity index (χ0) is 16.9. The Morgan fingerprint density at radius 1 is 1.29 bits per heavy atom. The zero-order valence-electron chi connectivity index (χ0n) is 12.3. The number of nitrogens with one attached hydrogen (secondary N) is 2. The Labute approximate surface area is 141 Å². The first-order chi connectivity index (χ1) is 10.9. The average Bonchev–Trinajstić information content (AvgIpc) is 2.95. The number of hydrogen-bond acceptors (Lipinski definition) is 5. The van der Waals surface area contributed by atoms with Gasteiger partial charge in [0, 0.05) is 11.3 Å². The number of ether oxygens (including phenoxy) is 1. The van der Waals surface area contributed by atoms with E-state index in [2.05, 4.69) is 25.2 Å². The van der Waals surface area contributed by atoms with Gasteiger partial charge in [-0.1, -0.05) is 0 Å². The van der Waals surface area contributed by atoms with Crippen molar-refractivity contribution in [3.05, 3.63) is 30.1 Å². The van der Waals surface area contributed by atoms with Crippen molar-refractivity contribution >= 4 is 24.0 Å². The van der Waals surface area contributed by atoms with Gasteiger partial charge in [0.2, 0.25) is 5.91 Å². The Balaban J connectivity index is 0.00000288. The molecule has 2 rings (SSSR count). The zero-order valence-corrected chi connectivity index (χ0v) is 13.1. The highest BCUT2D eigenvalue weighted by Crippen LogP contribution is 2.18. The number of nitrogens with two attached hydrogens (primary N) is 1. The first-order valence-electron chi connectivity index (χ1n) is 6.53. The molecule has 0 fully saturated rings. The fraction of sp³-hybridized carbons (Fsp3) is 0.308. The predicted molar refractivity (Wildman–Crippen MR) is 82.5 cm³/mol. The minimum Gasteiger partial charge on any atom is -0.362 e. The molecule has 0 radical (unpaired) electrons. The SMILES string of the molecule is Cl.NCc1nc(-c2ccc(NC(=O)COCC(F)(F)F)cc2)n[nH]1. The molecule has 1 heterocycles. The van der Waals surface area contributed by atoms with Crippen molar-refractivity contribution < 1.29 is 22.7 Å². The lowest BCUT2D eigenvalue weighted by Crippen LogP contribution is -2.23. The van der Waals surface area contributed by atoms with Gasteiger partial charge < -0.3 is 15.8 Å². The van der Waals surface area contributed by atoms with Crippen LogP contribution in [0.5, 0.6) is 0 Å². The van der Waals surface area contributed by atoms with Crippen LogP contribution in [0, 0.1) is 0 Å². The van der Waals surface area contributed by atoms with Crippen molar-refractivity contribution in [2.75, 3.05) is 18.5 Å². The second-order valence-corrected chi connectivity index (χ2v) is 4.54. The molecule has 7 nitrogen and oxygen atoms in total. The van der Waals surface area contributed by atoms with Crippen LogP contribution in [0.3, 0.4) is 0 Å². The molecule has 1 aromatic carbocycles. The summed E-state index contributed by atoms with van der Waals surface area (Å²) >= 11 is 0. The largest absolute Gasteiger partial charge is 0.411 e. The summed E-state index contributed by atoms with van der Waals surface area (Å²) in [4.78, 5) is 15.6. The Morgan fingerprint density at radius 3 is 2.50 bits per heavy atom. The normalized spacial score (nSPS) is 11.0. The molecule has 1 amide bonds. The van der Waals surface area contributed by atoms with Gasteiger partial charge in [-0.05, 0) is 24.3 Å². The monoisotopic (exact) mass is 365 g/mol. The number of carbonyl (C=O) groups excluding carboxylic acids is 1. The van der Waals surface area contributed by atoms with Gasteiger partial charge in [0.25, 0.3) is 0 Å². The molecule has 0 aliphatic carbocycles. The van der Waals surface area contributed by atoms with Crippen LogP contribution in [0.1, 0.15) is 5.82 Å². The topological polar surface area (TPSA) is 106 Å². The highest BCUT2D eigenvalue weighted by atomic mass is 35.5. The molecule has 0 bridgehead atoms. The van der Waals surface area contributed by atoms with E-state index in [1.807, 2.05) is 0 Å². The molecule has 0 aliphatic heterocycles. The Kier molecular flexibility index (Phi) is 7.14. The smallest absolute Gasteiger partial charge is 0.362 e. The van der Waals surface area contributed by atoms with Crippen LogP contribution in [-0.2, 0) is 16.1 Å². The van der Waals surface area contributed by atoms with Gasteiger partial charge in [-0.15, -0.1) is 12.4 Å². The van der Waals surface area contributed by atoms with Gasteiger partial charge in [-0.2, -0.15) is 18.3 Å². The second kappa shape index (κ2) is 8.62. The first-order valence-corrected chi connectivity index (χ1v) is 6.53. The number of amides is 1. The number of benzene rings is 1. The minimum absolute atomic E-state index is 0. The Bertz CT molecular complexity index is 660. The van der Waals surface area contributed by atoms with Crippen LogP contribution in [0.15, 0.2) is 24.3 Å². The molecule has 24 heavy (non-hydrogen) atoms. The standard InChI is InChI=1S/C13H14F3N5O2.ClH/c14-13(15,16)7-23-6-11(22)18-9-3-1-8(2-4-9)12-19-10(5-17)20-21-12;/h1-4H,5-7,17H2,(H,18,22)(H,19,20,21);1H. The van der Waals surface area contributed by atoms with Crippen LogP contribution in [0.2, 0.25) is 0 Å². The maximum absolute atomic E-state index is 11.9. The highest BCUT2D eigenvalue weighted by Gasteiger charge is 2.27. The van der Waals surface area contributed by atoms with E-state index in [9.17, 15) is 18.0 Å². The molecule has 0 saturated heterocycles. The number of halogens is 4. The molecule has 0 atom stereocenters. The van der Waals surface area contributed by atoms with Gasteiger partial charge in [-0.3, -0.25) is 9.89 Å². The molecule has 0 aliphatic rings. The summed E-state index contributed by atoms with van der Waals surface area (Å²) in [6, 6.07) is 6.48. The lowest BCUT2D eigenvalue weighted by molar-refractivity contribution is -0.174. The third-order valence-corrected chi connectivity index (χ3v) is 2.65. The molecular weight excluding hydrogens is 351 g/mol. The van der Waals surface area contributed by atoms with Crippen molar-refractivity contribution in [3.8, 4) is 11.4 Å². The number of H-pyrrole nitrogens is 1. The van der Waals surface area contributed by atoms with Crippen LogP contribution >= 0.6 is 12.4 Å². The molecule has 4 N–H and O–H groups in total. The van der Waals surface area contributed by atoms with Crippen molar-refractivity contribution in [3.63, 3.8) is 0 Å². The molecule has 1 aromatic heterocycles. The molecule has 132 valence electrons. The van der Waals surface area contributed by atoms with E-state index in [-0.39, 0.29) is 19.0 Å². The summed E-state index contributed by atoms with van der Waals surface area (Å²) in [6.07, 6.45) is -4.46. The summed E-state index contributed by atoms with van der Waals surface area (Å²) in [5.74, 6) is 0.321. The summed E-state index contributed by atoms with van der Waals surface area (Å²) in [5.41, 5.74) is 6.54. The first kappa shape index (κ1) is 19.9. The van der Waals surface area contributed by atoms with Crippen molar-refractivity contribution in [2.45, 2.75) is 12.7 Å². The number of aromatic nitrogens is 3. The van der Waals surface area contributed by atoms with E-state index >= 15 is 0 Å². The highest BCUT2D eigenvalue weighted by molar-refractivity contribution is 5.91. The lowest BCUT2D eigenvalue weighted by atomic mass is 10.2. The van der Waals surface area contributed by atoms with E-state index in [1.165, 1.54) is 0 Å². The van der Waals surface area contributed by atoms with E-state index in [0.717, 1.165) is 0 Å². The molecule has 0 saturated carbocycles. The number of anilines is 1. The van der Waals surface area contributed by atoms with Crippen molar-refractivity contribution in [1.82, 2.24) is 15.2 Å². The number of rotatable bonds is 6. The number of alkyl halides is 3. The third-order valence-electron chi connectivity index (χ3n) is 2.65. The second-order valence-electron chi connectivity index (χ2n) is 4.54. The van der Waals surface area contributed by atoms with Crippen LogP contribution < -0.4 is 11.1 Å². The number of hydrogen-bond donors (Lipinski definition) is 3. The van der Waals surface area contributed by atoms with Gasteiger partial charge >= 0.3 is 6.18 Å². The minimum atomic E-state index is -4.46. The molecule has 0 unspecified atom stereocenters. The van der Waals surface area contributed by atoms with Gasteiger partial charge in [0.15, 0.2) is 5.82 Å². The van der Waals surface area contributed by atoms with E-state index < -0.39 is 25.3 Å². The van der Waals surface area contributed by atoms with Crippen molar-refractivity contribution in [2.24, 2.45) is 5.73 Å². The molecule has 11 heteroatoms.